The second-order valence-corrected chi connectivity index (χ2v) is 6.18. The molecule has 0 bridgehead atoms. The van der Waals surface area contributed by atoms with Gasteiger partial charge >= 0.3 is 12.1 Å². The van der Waals surface area contributed by atoms with Crippen molar-refractivity contribution in [2.45, 2.75) is 33.3 Å². The number of rotatable bonds is 1. The normalized spacial score (nSPS) is 11.7. The van der Waals surface area contributed by atoms with Crippen LogP contribution in [0.3, 0.4) is 0 Å². The molecule has 1 heterocycles. The summed E-state index contributed by atoms with van der Waals surface area (Å²) in [5, 5.41) is 10.2. The number of fused-ring (bicyclic) bond motifs is 1. The Kier molecular flexibility index (Phi) is 3.72. The molecule has 0 saturated carbocycles. The van der Waals surface area contributed by atoms with Crippen molar-refractivity contribution in [3.63, 3.8) is 0 Å². The van der Waals surface area contributed by atoms with Crippen LogP contribution in [-0.4, -0.2) is 27.3 Å². The Morgan fingerprint density at radius 3 is 2.43 bits per heavy atom. The maximum absolute atomic E-state index is 12.3. The van der Waals surface area contributed by atoms with Crippen molar-refractivity contribution in [3.05, 3.63) is 34.5 Å². The van der Waals surface area contributed by atoms with Gasteiger partial charge in [0.2, 0.25) is 0 Å². The summed E-state index contributed by atoms with van der Waals surface area (Å²) in [6, 6.07) is 4.76. The molecule has 0 spiro atoms. The van der Waals surface area contributed by atoms with Gasteiger partial charge in [0.25, 0.3) is 0 Å². The first-order valence-corrected chi connectivity index (χ1v) is 6.77. The van der Waals surface area contributed by atoms with Crippen LogP contribution in [0.5, 0.6) is 0 Å². The number of aromatic carboxylic acids is 1. The molecule has 2 rings (SSSR count). The topological polar surface area (TPSA) is 68.5 Å². The molecule has 21 heavy (non-hydrogen) atoms. The van der Waals surface area contributed by atoms with Crippen molar-refractivity contribution < 1.29 is 19.4 Å². The number of hydrogen-bond donors (Lipinski definition) is 1. The summed E-state index contributed by atoms with van der Waals surface area (Å²) in [6.07, 6.45) is -0.611. The first-order chi connectivity index (χ1) is 9.61. The van der Waals surface area contributed by atoms with E-state index in [4.69, 9.17) is 16.3 Å². The Hall–Kier alpha value is -2.01. The summed E-state index contributed by atoms with van der Waals surface area (Å²) < 4.78 is 6.60. The van der Waals surface area contributed by atoms with Crippen molar-refractivity contribution in [2.75, 3.05) is 0 Å². The number of aromatic nitrogens is 1. The predicted octanol–water partition coefficient (Wildman–Crippen LogP) is 4.08. The number of carboxylic acids is 1. The maximum atomic E-state index is 12.3. The Balaban J connectivity index is 2.72. The lowest BCUT2D eigenvalue weighted by atomic mass is 10.1. The molecule has 1 aromatic carbocycles. The van der Waals surface area contributed by atoms with Crippen LogP contribution in [0.25, 0.3) is 10.9 Å². The molecule has 1 aromatic heterocycles. The minimum atomic E-state index is -1.11. The van der Waals surface area contributed by atoms with Gasteiger partial charge in [0.1, 0.15) is 5.60 Å². The first kappa shape index (κ1) is 15.4. The number of carbonyl (C=O) groups excluding carboxylic acids is 1. The highest BCUT2D eigenvalue weighted by Gasteiger charge is 2.26. The first-order valence-electron chi connectivity index (χ1n) is 6.39. The van der Waals surface area contributed by atoms with Crippen LogP contribution in [0, 0.1) is 6.92 Å². The van der Waals surface area contributed by atoms with Crippen LogP contribution < -0.4 is 0 Å². The van der Waals surface area contributed by atoms with E-state index in [0.717, 1.165) is 0 Å². The van der Waals surface area contributed by atoms with Crippen molar-refractivity contribution in [1.29, 1.82) is 0 Å². The Bertz CT molecular complexity index is 740. The standard InChI is InChI=1S/C15H16ClNO4/c1-8-12(13(18)19)10-7-9(16)5-6-11(10)17(8)14(20)21-15(2,3)4/h5-7H,1-4H3,(H,18,19). The molecular formula is C15H16ClNO4. The minimum absolute atomic E-state index is 0.0540. The molecule has 0 fully saturated rings. The van der Waals surface area contributed by atoms with Crippen molar-refractivity contribution in [2.24, 2.45) is 0 Å². The lowest BCUT2D eigenvalue weighted by Crippen LogP contribution is -2.27. The number of carbonyl (C=O) groups is 2. The molecule has 0 unspecified atom stereocenters. The second kappa shape index (κ2) is 5.07. The molecule has 0 radical (unpaired) electrons. The molecule has 5 nitrogen and oxygen atoms in total. The third-order valence-electron chi connectivity index (χ3n) is 2.96. The molecular weight excluding hydrogens is 294 g/mol. The molecule has 0 atom stereocenters. The second-order valence-electron chi connectivity index (χ2n) is 5.74. The number of ether oxygens (including phenoxy) is 1. The molecule has 0 aliphatic rings. The van der Waals surface area contributed by atoms with E-state index in [-0.39, 0.29) is 5.56 Å². The average molecular weight is 310 g/mol. The molecule has 0 aliphatic carbocycles. The van der Waals surface area contributed by atoms with Crippen LogP contribution in [0.15, 0.2) is 18.2 Å². The third-order valence-corrected chi connectivity index (χ3v) is 3.19. The molecule has 0 saturated heterocycles. The summed E-state index contributed by atoms with van der Waals surface area (Å²) >= 11 is 5.92. The molecule has 6 heteroatoms. The fourth-order valence-corrected chi connectivity index (χ4v) is 2.38. The smallest absolute Gasteiger partial charge is 0.419 e. The van der Waals surface area contributed by atoms with Gasteiger partial charge in [-0.15, -0.1) is 0 Å². The highest BCUT2D eigenvalue weighted by molar-refractivity contribution is 6.31. The van der Waals surface area contributed by atoms with E-state index in [1.807, 2.05) is 0 Å². The zero-order valence-corrected chi connectivity index (χ0v) is 13.0. The van der Waals surface area contributed by atoms with Crippen LogP contribution in [-0.2, 0) is 4.74 Å². The average Bonchev–Trinajstić information content (AvgIpc) is 2.57. The lowest BCUT2D eigenvalue weighted by molar-refractivity contribution is 0.0541. The van der Waals surface area contributed by atoms with E-state index in [1.165, 1.54) is 10.6 Å². The summed E-state index contributed by atoms with van der Waals surface area (Å²) in [5.74, 6) is -1.11. The van der Waals surface area contributed by atoms with Crippen LogP contribution in [0.1, 0.15) is 36.8 Å². The summed E-state index contributed by atoms with van der Waals surface area (Å²) in [5.41, 5.74) is 0.159. The number of nitrogens with zero attached hydrogens (tertiary/aromatic N) is 1. The Morgan fingerprint density at radius 2 is 1.90 bits per heavy atom. The molecule has 2 aromatic rings. The highest BCUT2D eigenvalue weighted by Crippen LogP contribution is 2.29. The van der Waals surface area contributed by atoms with E-state index >= 15 is 0 Å². The van der Waals surface area contributed by atoms with Gasteiger partial charge in [-0.25, -0.2) is 14.2 Å². The van der Waals surface area contributed by atoms with Gasteiger partial charge in [0.05, 0.1) is 11.1 Å². The number of benzene rings is 1. The van der Waals surface area contributed by atoms with Gasteiger partial charge in [0, 0.05) is 16.1 Å². The third kappa shape index (κ3) is 2.88. The summed E-state index contributed by atoms with van der Waals surface area (Å²) in [4.78, 5) is 23.8. The number of hydrogen-bond acceptors (Lipinski definition) is 3. The van der Waals surface area contributed by atoms with Crippen LogP contribution >= 0.6 is 11.6 Å². The SMILES string of the molecule is Cc1c(C(=O)O)c2cc(Cl)ccc2n1C(=O)OC(C)(C)C. The summed E-state index contributed by atoms with van der Waals surface area (Å²) in [6.45, 7) is 6.82. The quantitative estimate of drug-likeness (QED) is 0.861. The van der Waals surface area contributed by atoms with Gasteiger partial charge in [-0.1, -0.05) is 11.6 Å². The van der Waals surface area contributed by atoms with Gasteiger partial charge in [-0.05, 0) is 45.9 Å². The van der Waals surface area contributed by atoms with E-state index in [0.29, 0.717) is 21.6 Å². The van der Waals surface area contributed by atoms with Crippen LogP contribution in [0.2, 0.25) is 5.02 Å². The summed E-state index contributed by atoms with van der Waals surface area (Å²) in [7, 11) is 0. The van der Waals surface area contributed by atoms with E-state index in [1.54, 1.807) is 39.8 Å². The monoisotopic (exact) mass is 309 g/mol. The minimum Gasteiger partial charge on any atom is -0.478 e. The maximum Gasteiger partial charge on any atom is 0.419 e. The predicted molar refractivity (Wildman–Crippen MR) is 80.3 cm³/mol. The fourth-order valence-electron chi connectivity index (χ4n) is 2.20. The van der Waals surface area contributed by atoms with Gasteiger partial charge in [0.15, 0.2) is 0 Å². The van der Waals surface area contributed by atoms with E-state index in [9.17, 15) is 14.7 Å². The zero-order chi connectivity index (χ0) is 15.9. The Morgan fingerprint density at radius 1 is 1.29 bits per heavy atom. The van der Waals surface area contributed by atoms with Crippen molar-refractivity contribution >= 4 is 34.6 Å². The van der Waals surface area contributed by atoms with Gasteiger partial charge in [-0.2, -0.15) is 0 Å². The number of carboxylic acid groups (broad SMARTS) is 1. The van der Waals surface area contributed by atoms with E-state index < -0.39 is 17.7 Å². The molecule has 1 N–H and O–H groups in total. The largest absolute Gasteiger partial charge is 0.478 e. The van der Waals surface area contributed by atoms with Gasteiger partial charge < -0.3 is 9.84 Å². The molecule has 0 amide bonds. The fraction of sp³-hybridized carbons (Fsp3) is 0.333. The zero-order valence-electron chi connectivity index (χ0n) is 12.2. The number of halogens is 1. The van der Waals surface area contributed by atoms with Crippen molar-refractivity contribution in [3.8, 4) is 0 Å². The van der Waals surface area contributed by atoms with Crippen molar-refractivity contribution in [1.82, 2.24) is 4.57 Å². The molecule has 112 valence electrons. The lowest BCUT2D eigenvalue weighted by Gasteiger charge is -2.20. The van der Waals surface area contributed by atoms with Crippen LogP contribution in [0.4, 0.5) is 4.79 Å². The molecule has 0 aliphatic heterocycles. The Labute approximate surface area is 127 Å². The highest BCUT2D eigenvalue weighted by atomic mass is 35.5. The van der Waals surface area contributed by atoms with E-state index in [2.05, 4.69) is 0 Å². The van der Waals surface area contributed by atoms with Gasteiger partial charge in [-0.3, -0.25) is 0 Å².